The Balaban J connectivity index is 2.92. The summed E-state index contributed by atoms with van der Waals surface area (Å²) in [6.45, 7) is 1.60. The fourth-order valence-corrected chi connectivity index (χ4v) is 1.94. The normalized spacial score (nSPS) is 12.1. The van der Waals surface area contributed by atoms with Gasteiger partial charge < -0.3 is 5.73 Å². The van der Waals surface area contributed by atoms with Crippen molar-refractivity contribution in [1.82, 2.24) is 4.98 Å². The van der Waals surface area contributed by atoms with E-state index in [9.17, 15) is 13.2 Å². The zero-order valence-corrected chi connectivity index (χ0v) is 10.4. The van der Waals surface area contributed by atoms with Crippen LogP contribution in [-0.2, 0) is 6.18 Å². The van der Waals surface area contributed by atoms with Gasteiger partial charge in [-0.15, -0.1) is 0 Å². The Kier molecular flexibility index (Phi) is 2.77. The molecular weight excluding hydrogens is 297 g/mol. The van der Waals surface area contributed by atoms with Gasteiger partial charge in [0, 0.05) is 5.39 Å². The number of nitrogens with two attached hydrogens (primary N) is 1. The molecule has 17 heavy (non-hydrogen) atoms. The zero-order chi connectivity index (χ0) is 12.8. The Labute approximate surface area is 104 Å². The number of anilines is 1. The summed E-state index contributed by atoms with van der Waals surface area (Å²) in [6.07, 6.45) is -4.43. The first-order valence-corrected chi connectivity index (χ1v) is 5.53. The predicted molar refractivity (Wildman–Crippen MR) is 63.6 cm³/mol. The number of aromatic nitrogens is 1. The molecule has 0 atom stereocenters. The maximum atomic E-state index is 12.8. The van der Waals surface area contributed by atoms with E-state index in [0.29, 0.717) is 15.6 Å². The highest BCUT2D eigenvalue weighted by molar-refractivity contribution is 9.10. The van der Waals surface area contributed by atoms with Gasteiger partial charge in [-0.3, -0.25) is 4.98 Å². The summed E-state index contributed by atoms with van der Waals surface area (Å²) in [4.78, 5) is 3.96. The van der Waals surface area contributed by atoms with Gasteiger partial charge in [-0.1, -0.05) is 12.1 Å². The van der Waals surface area contributed by atoms with Crippen molar-refractivity contribution >= 4 is 32.5 Å². The fourth-order valence-electron chi connectivity index (χ4n) is 1.64. The molecule has 0 radical (unpaired) electrons. The second kappa shape index (κ2) is 3.87. The van der Waals surface area contributed by atoms with Gasteiger partial charge in [0.25, 0.3) is 0 Å². The van der Waals surface area contributed by atoms with Gasteiger partial charge in [-0.25, -0.2) is 0 Å². The van der Waals surface area contributed by atoms with Crippen molar-refractivity contribution in [2.75, 3.05) is 5.73 Å². The van der Waals surface area contributed by atoms with Crippen molar-refractivity contribution in [3.8, 4) is 0 Å². The minimum atomic E-state index is -4.43. The average Bonchev–Trinajstić information content (AvgIpc) is 2.24. The van der Waals surface area contributed by atoms with Crippen LogP contribution in [0.25, 0.3) is 10.9 Å². The van der Waals surface area contributed by atoms with E-state index < -0.39 is 11.7 Å². The van der Waals surface area contributed by atoms with E-state index in [-0.39, 0.29) is 11.2 Å². The van der Waals surface area contributed by atoms with E-state index in [1.54, 1.807) is 6.92 Å². The second-order valence-electron chi connectivity index (χ2n) is 3.62. The van der Waals surface area contributed by atoms with Crippen molar-refractivity contribution in [1.29, 1.82) is 0 Å². The summed E-state index contributed by atoms with van der Waals surface area (Å²) < 4.78 is 38.9. The van der Waals surface area contributed by atoms with Gasteiger partial charge in [0.15, 0.2) is 0 Å². The molecule has 2 rings (SSSR count). The summed E-state index contributed by atoms with van der Waals surface area (Å²) in [5.74, 6) is 0. The maximum Gasteiger partial charge on any atom is 0.418 e. The van der Waals surface area contributed by atoms with Crippen LogP contribution in [-0.4, -0.2) is 4.98 Å². The Morgan fingerprint density at radius 3 is 2.53 bits per heavy atom. The summed E-state index contributed by atoms with van der Waals surface area (Å²) >= 11 is 3.21. The third-order valence-corrected chi connectivity index (χ3v) is 3.47. The number of rotatable bonds is 0. The Morgan fingerprint density at radius 1 is 1.29 bits per heavy atom. The Hall–Kier alpha value is -1.30. The molecular formula is C11H8BrF3N2. The van der Waals surface area contributed by atoms with Gasteiger partial charge in [0.1, 0.15) is 0 Å². The second-order valence-corrected chi connectivity index (χ2v) is 4.42. The van der Waals surface area contributed by atoms with E-state index in [0.717, 1.165) is 6.07 Å². The molecule has 0 fully saturated rings. The lowest BCUT2D eigenvalue weighted by Crippen LogP contribution is -2.08. The molecule has 6 heteroatoms. The number of hydrogen-bond donors (Lipinski definition) is 1. The molecule has 0 aliphatic carbocycles. The number of hydrogen-bond acceptors (Lipinski definition) is 2. The standard InChI is InChI=1S/C11H8BrF3N2/c1-5-8(12)9(16)6-3-2-4-7(10(6)17-5)11(13,14)15/h2-4H,1H3,(H2,16,17). The SMILES string of the molecule is Cc1nc2c(C(F)(F)F)cccc2c(N)c1Br. The summed E-state index contributed by atoms with van der Waals surface area (Å²) in [5, 5.41) is 0.303. The molecule has 0 saturated carbocycles. The van der Waals surface area contributed by atoms with Gasteiger partial charge in [-0.05, 0) is 28.9 Å². The quantitative estimate of drug-likeness (QED) is 0.801. The highest BCUT2D eigenvalue weighted by Gasteiger charge is 2.33. The third-order valence-electron chi connectivity index (χ3n) is 2.47. The van der Waals surface area contributed by atoms with E-state index >= 15 is 0 Å². The lowest BCUT2D eigenvalue weighted by molar-refractivity contribution is -0.136. The van der Waals surface area contributed by atoms with Crippen LogP contribution in [0.4, 0.5) is 18.9 Å². The number of pyridine rings is 1. The molecule has 2 nitrogen and oxygen atoms in total. The average molecular weight is 305 g/mol. The van der Waals surface area contributed by atoms with E-state index in [1.165, 1.54) is 12.1 Å². The Morgan fingerprint density at radius 2 is 1.94 bits per heavy atom. The van der Waals surface area contributed by atoms with Crippen molar-refractivity contribution < 1.29 is 13.2 Å². The van der Waals surface area contributed by atoms with Gasteiger partial charge >= 0.3 is 6.18 Å². The molecule has 0 bridgehead atoms. The molecule has 90 valence electrons. The van der Waals surface area contributed by atoms with Crippen LogP contribution in [0.1, 0.15) is 11.3 Å². The van der Waals surface area contributed by atoms with Crippen LogP contribution in [0.2, 0.25) is 0 Å². The summed E-state index contributed by atoms with van der Waals surface area (Å²) in [6, 6.07) is 3.85. The molecule has 0 amide bonds. The van der Waals surface area contributed by atoms with E-state index in [1.807, 2.05) is 0 Å². The van der Waals surface area contributed by atoms with E-state index in [2.05, 4.69) is 20.9 Å². The van der Waals surface area contributed by atoms with E-state index in [4.69, 9.17) is 5.73 Å². The highest BCUT2D eigenvalue weighted by atomic mass is 79.9. The zero-order valence-electron chi connectivity index (χ0n) is 8.77. The minimum Gasteiger partial charge on any atom is -0.397 e. The number of para-hydroxylation sites is 1. The summed E-state index contributed by atoms with van der Waals surface area (Å²) in [7, 11) is 0. The first kappa shape index (κ1) is 12.2. The molecule has 1 aromatic heterocycles. The fraction of sp³-hybridized carbons (Fsp3) is 0.182. The van der Waals surface area contributed by atoms with Crippen molar-refractivity contribution in [3.63, 3.8) is 0 Å². The molecule has 0 aliphatic rings. The van der Waals surface area contributed by atoms with Gasteiger partial charge in [-0.2, -0.15) is 13.2 Å². The smallest absolute Gasteiger partial charge is 0.397 e. The molecule has 0 saturated heterocycles. The molecule has 2 aromatic rings. The lowest BCUT2D eigenvalue weighted by Gasteiger charge is -2.12. The number of benzene rings is 1. The molecule has 0 aliphatic heterocycles. The first-order valence-electron chi connectivity index (χ1n) is 4.74. The number of halogens is 4. The van der Waals surface area contributed by atoms with Crippen molar-refractivity contribution in [2.24, 2.45) is 0 Å². The largest absolute Gasteiger partial charge is 0.418 e. The van der Waals surface area contributed by atoms with Crippen LogP contribution in [0.3, 0.4) is 0 Å². The number of aryl methyl sites for hydroxylation is 1. The monoisotopic (exact) mass is 304 g/mol. The highest BCUT2D eigenvalue weighted by Crippen LogP contribution is 2.37. The maximum absolute atomic E-state index is 12.8. The van der Waals surface area contributed by atoms with Crippen LogP contribution >= 0.6 is 15.9 Å². The molecule has 0 unspecified atom stereocenters. The van der Waals surface area contributed by atoms with Crippen molar-refractivity contribution in [2.45, 2.75) is 13.1 Å². The van der Waals surface area contributed by atoms with Gasteiger partial charge in [0.2, 0.25) is 0 Å². The topological polar surface area (TPSA) is 38.9 Å². The summed E-state index contributed by atoms with van der Waals surface area (Å²) in [5.41, 5.74) is 5.61. The molecule has 0 spiro atoms. The van der Waals surface area contributed by atoms with Crippen LogP contribution in [0, 0.1) is 6.92 Å². The number of fused-ring (bicyclic) bond motifs is 1. The molecule has 1 aromatic carbocycles. The van der Waals surface area contributed by atoms with Crippen LogP contribution in [0.15, 0.2) is 22.7 Å². The number of nitrogens with zero attached hydrogens (tertiary/aromatic N) is 1. The molecule has 2 N–H and O–H groups in total. The lowest BCUT2D eigenvalue weighted by atomic mass is 10.1. The number of alkyl halides is 3. The predicted octanol–water partition coefficient (Wildman–Crippen LogP) is 3.91. The van der Waals surface area contributed by atoms with Crippen molar-refractivity contribution in [3.05, 3.63) is 33.9 Å². The van der Waals surface area contributed by atoms with Gasteiger partial charge in [0.05, 0.1) is 26.9 Å². The third kappa shape index (κ3) is 1.97. The minimum absolute atomic E-state index is 0.113. The Bertz CT molecular complexity index is 593. The number of nitrogen functional groups attached to an aromatic ring is 1. The van der Waals surface area contributed by atoms with Crippen LogP contribution < -0.4 is 5.73 Å². The first-order chi connectivity index (χ1) is 7.82. The van der Waals surface area contributed by atoms with Crippen LogP contribution in [0.5, 0.6) is 0 Å². The molecule has 1 heterocycles.